The smallest absolute Gasteiger partial charge is 0.150 e. The molecule has 0 radical (unpaired) electrons. The fourth-order valence-corrected chi connectivity index (χ4v) is 2.37. The van der Waals surface area contributed by atoms with Crippen LogP contribution >= 0.6 is 0 Å². The van der Waals surface area contributed by atoms with E-state index in [9.17, 15) is 0 Å². The maximum absolute atomic E-state index is 5.90. The highest BCUT2D eigenvalue weighted by Crippen LogP contribution is 2.47. The molecule has 0 atom stereocenters. The largest absolute Gasteiger partial charge is 0.355 e. The molecule has 2 aliphatic rings. The van der Waals surface area contributed by atoms with Gasteiger partial charge in [-0.2, -0.15) is 5.10 Å². The van der Waals surface area contributed by atoms with Crippen LogP contribution in [0.25, 0.3) is 0 Å². The van der Waals surface area contributed by atoms with E-state index in [1.807, 2.05) is 0 Å². The van der Waals surface area contributed by atoms with Crippen molar-refractivity contribution in [3.63, 3.8) is 0 Å². The molecule has 4 heteroatoms. The van der Waals surface area contributed by atoms with Crippen molar-refractivity contribution < 1.29 is 0 Å². The molecule has 0 aromatic carbocycles. The Bertz CT molecular complexity index is 372. The Morgan fingerprint density at radius 3 is 2.75 bits per heavy atom. The fourth-order valence-electron chi connectivity index (χ4n) is 2.37. The number of H-pyrrole nitrogens is 1. The van der Waals surface area contributed by atoms with Crippen molar-refractivity contribution in [3.05, 3.63) is 11.8 Å². The van der Waals surface area contributed by atoms with E-state index in [1.54, 1.807) is 0 Å². The highest BCUT2D eigenvalue weighted by Gasteiger charge is 2.41. The quantitative estimate of drug-likeness (QED) is 0.792. The maximum atomic E-state index is 5.90. The Kier molecular flexibility index (Phi) is 2.21. The second-order valence-electron chi connectivity index (χ2n) is 5.52. The van der Waals surface area contributed by atoms with Crippen molar-refractivity contribution in [1.82, 2.24) is 10.2 Å². The predicted molar refractivity (Wildman–Crippen MR) is 64.6 cm³/mol. The molecule has 1 aromatic rings. The van der Waals surface area contributed by atoms with Crippen LogP contribution in [0.5, 0.6) is 0 Å². The summed E-state index contributed by atoms with van der Waals surface area (Å²) < 4.78 is 0. The Balaban J connectivity index is 1.72. The number of hydrogen-bond donors (Lipinski definition) is 2. The number of aromatic amines is 1. The molecule has 0 bridgehead atoms. The summed E-state index contributed by atoms with van der Waals surface area (Å²) in [6.07, 6.45) is 4.75. The Hall–Kier alpha value is -1.03. The van der Waals surface area contributed by atoms with E-state index < -0.39 is 0 Å². The van der Waals surface area contributed by atoms with E-state index in [4.69, 9.17) is 5.73 Å². The summed E-state index contributed by atoms with van der Waals surface area (Å²) in [5.41, 5.74) is 7.59. The van der Waals surface area contributed by atoms with Crippen LogP contribution in [0, 0.1) is 0 Å². The number of piperidine rings is 1. The lowest BCUT2D eigenvalue weighted by molar-refractivity contribution is 0.498. The molecular weight excluding hydrogens is 200 g/mol. The SMILES string of the molecule is CC1(c2cc(N3CCC(N)CC3)n[nH]2)CC1. The number of nitrogens with one attached hydrogen (secondary N) is 1. The molecule has 2 heterocycles. The minimum absolute atomic E-state index is 0.385. The van der Waals surface area contributed by atoms with Crippen LogP contribution in [-0.2, 0) is 5.41 Å². The van der Waals surface area contributed by atoms with Crippen molar-refractivity contribution in [2.24, 2.45) is 5.73 Å². The van der Waals surface area contributed by atoms with Crippen LogP contribution < -0.4 is 10.6 Å². The normalized spacial score (nSPS) is 24.8. The van der Waals surface area contributed by atoms with Gasteiger partial charge in [0.1, 0.15) is 0 Å². The lowest BCUT2D eigenvalue weighted by Crippen LogP contribution is -2.39. The summed E-state index contributed by atoms with van der Waals surface area (Å²) in [5.74, 6) is 1.11. The summed E-state index contributed by atoms with van der Waals surface area (Å²) in [4.78, 5) is 2.34. The lowest BCUT2D eigenvalue weighted by Gasteiger charge is -2.29. The third-order valence-corrected chi connectivity index (χ3v) is 4.08. The molecule has 3 rings (SSSR count). The minimum Gasteiger partial charge on any atom is -0.355 e. The monoisotopic (exact) mass is 220 g/mol. The number of nitrogens with zero attached hydrogens (tertiary/aromatic N) is 2. The average Bonchev–Trinajstić information content (AvgIpc) is 2.84. The molecule has 1 aliphatic heterocycles. The van der Waals surface area contributed by atoms with E-state index in [2.05, 4.69) is 28.1 Å². The zero-order valence-electron chi connectivity index (χ0n) is 9.87. The Morgan fingerprint density at radius 2 is 2.12 bits per heavy atom. The zero-order valence-corrected chi connectivity index (χ0v) is 9.87. The second kappa shape index (κ2) is 3.48. The van der Waals surface area contributed by atoms with Crippen molar-refractivity contribution in [3.8, 4) is 0 Å². The van der Waals surface area contributed by atoms with Crippen molar-refractivity contribution in [1.29, 1.82) is 0 Å². The van der Waals surface area contributed by atoms with E-state index >= 15 is 0 Å². The summed E-state index contributed by atoms with van der Waals surface area (Å²) in [5, 5.41) is 7.63. The van der Waals surface area contributed by atoms with Gasteiger partial charge in [-0.05, 0) is 25.7 Å². The molecule has 0 amide bonds. The first-order valence-corrected chi connectivity index (χ1v) is 6.24. The van der Waals surface area contributed by atoms with E-state index in [-0.39, 0.29) is 0 Å². The Labute approximate surface area is 96.2 Å². The van der Waals surface area contributed by atoms with Gasteiger partial charge in [-0.25, -0.2) is 0 Å². The predicted octanol–water partition coefficient (Wildman–Crippen LogP) is 1.39. The number of anilines is 1. The molecule has 0 spiro atoms. The molecule has 1 saturated carbocycles. The van der Waals surface area contributed by atoms with E-state index in [1.165, 1.54) is 18.5 Å². The van der Waals surface area contributed by atoms with Crippen molar-refractivity contribution in [2.75, 3.05) is 18.0 Å². The minimum atomic E-state index is 0.385. The molecule has 88 valence electrons. The average molecular weight is 220 g/mol. The molecule has 0 unspecified atom stereocenters. The van der Waals surface area contributed by atoms with Gasteiger partial charge < -0.3 is 10.6 Å². The standard InChI is InChI=1S/C12H20N4/c1-12(4-5-12)10-8-11(15-14-10)16-6-2-9(13)3-7-16/h8-9H,2-7,13H2,1H3,(H,14,15). The fraction of sp³-hybridized carbons (Fsp3) is 0.750. The van der Waals surface area contributed by atoms with Crippen LogP contribution in [0.4, 0.5) is 5.82 Å². The second-order valence-corrected chi connectivity index (χ2v) is 5.52. The topological polar surface area (TPSA) is 57.9 Å². The van der Waals surface area contributed by atoms with Crippen LogP contribution in [0.2, 0.25) is 0 Å². The number of aromatic nitrogens is 2. The first-order valence-electron chi connectivity index (χ1n) is 6.24. The van der Waals surface area contributed by atoms with Crippen LogP contribution in [0.15, 0.2) is 6.07 Å². The molecule has 4 nitrogen and oxygen atoms in total. The molecule has 16 heavy (non-hydrogen) atoms. The van der Waals surface area contributed by atoms with Crippen LogP contribution in [-0.4, -0.2) is 29.3 Å². The number of rotatable bonds is 2. The molecule has 1 aliphatic carbocycles. The molecule has 1 aromatic heterocycles. The van der Waals surface area contributed by atoms with Crippen molar-refractivity contribution >= 4 is 5.82 Å². The highest BCUT2D eigenvalue weighted by atomic mass is 15.3. The van der Waals surface area contributed by atoms with Gasteiger partial charge in [-0.3, -0.25) is 5.10 Å². The maximum Gasteiger partial charge on any atom is 0.150 e. The van der Waals surface area contributed by atoms with E-state index in [0.717, 1.165) is 31.7 Å². The van der Waals surface area contributed by atoms with Gasteiger partial charge in [0.25, 0.3) is 0 Å². The summed E-state index contributed by atoms with van der Waals surface area (Å²) in [7, 11) is 0. The van der Waals surface area contributed by atoms with Crippen LogP contribution in [0.3, 0.4) is 0 Å². The van der Waals surface area contributed by atoms with Gasteiger partial charge in [-0.15, -0.1) is 0 Å². The molecule has 3 N–H and O–H groups in total. The molecule has 2 fully saturated rings. The highest BCUT2D eigenvalue weighted by molar-refractivity contribution is 5.42. The summed E-state index contributed by atoms with van der Waals surface area (Å²) >= 11 is 0. The van der Waals surface area contributed by atoms with Gasteiger partial charge >= 0.3 is 0 Å². The summed E-state index contributed by atoms with van der Waals surface area (Å²) in [6.45, 7) is 4.39. The summed E-state index contributed by atoms with van der Waals surface area (Å²) in [6, 6.07) is 2.61. The van der Waals surface area contributed by atoms with Crippen LogP contribution in [0.1, 0.15) is 38.3 Å². The zero-order chi connectivity index (χ0) is 11.2. The number of hydrogen-bond acceptors (Lipinski definition) is 3. The Morgan fingerprint density at radius 1 is 1.44 bits per heavy atom. The van der Waals surface area contributed by atoms with Gasteiger partial charge in [0, 0.05) is 36.3 Å². The van der Waals surface area contributed by atoms with Gasteiger partial charge in [0.15, 0.2) is 5.82 Å². The molecule has 1 saturated heterocycles. The third kappa shape index (κ3) is 1.71. The lowest BCUT2D eigenvalue weighted by atomic mass is 10.0. The first kappa shape index (κ1) is 10.1. The molecular formula is C12H20N4. The number of nitrogens with two attached hydrogens (primary N) is 1. The third-order valence-electron chi connectivity index (χ3n) is 4.08. The van der Waals surface area contributed by atoms with Gasteiger partial charge in [0.2, 0.25) is 0 Å². The van der Waals surface area contributed by atoms with Gasteiger partial charge in [0.05, 0.1) is 0 Å². The van der Waals surface area contributed by atoms with Crippen molar-refractivity contribution in [2.45, 2.75) is 44.1 Å². The van der Waals surface area contributed by atoms with Gasteiger partial charge in [-0.1, -0.05) is 6.92 Å². The first-order chi connectivity index (χ1) is 7.67. The van der Waals surface area contributed by atoms with E-state index in [0.29, 0.717) is 11.5 Å².